The van der Waals surface area contributed by atoms with Gasteiger partial charge in [0.15, 0.2) is 31.3 Å². The minimum absolute atomic E-state index is 0.598. The van der Waals surface area contributed by atoms with Crippen molar-refractivity contribution in [3.8, 4) is 0 Å². The lowest BCUT2D eigenvalue weighted by molar-refractivity contribution is -0.479. The molecule has 6 rings (SSSR count). The van der Waals surface area contributed by atoms with Crippen molar-refractivity contribution < 1.29 is 153 Å². The summed E-state index contributed by atoms with van der Waals surface area (Å²) in [5.41, 5.74) is 0. The Bertz CT molecular complexity index is 2040. The lowest BCUT2D eigenvalue weighted by Crippen LogP contribution is -2.73. The van der Waals surface area contributed by atoms with Crippen molar-refractivity contribution in [3.05, 3.63) is 0 Å². The second-order valence-corrected chi connectivity index (χ2v) is 20.2. The van der Waals surface area contributed by atoms with Crippen LogP contribution in [0.4, 0.5) is 0 Å². The zero-order chi connectivity index (χ0) is 59.4. The molecule has 0 saturated carbocycles. The largest absolute Gasteiger partial charge is 0.394 e. The van der Waals surface area contributed by atoms with Crippen LogP contribution in [0.3, 0.4) is 0 Å². The van der Waals surface area contributed by atoms with Gasteiger partial charge in [-0.3, -0.25) is 19.2 Å². The van der Waals surface area contributed by atoms with Crippen molar-refractivity contribution in [2.24, 2.45) is 0 Å². The second kappa shape index (κ2) is 28.1. The Balaban J connectivity index is 1.24. The fraction of sp³-hybridized carbons (Fsp3) is 0.911. The van der Waals surface area contributed by atoms with E-state index in [-0.39, 0.29) is 0 Å². The van der Waals surface area contributed by atoms with Crippen molar-refractivity contribution in [3.63, 3.8) is 0 Å². The number of carbonyl (C=O) groups is 4. The van der Waals surface area contributed by atoms with Crippen LogP contribution in [0.1, 0.15) is 34.6 Å². The number of amides is 4. The van der Waals surface area contributed by atoms with E-state index < -0.39 is 247 Å². The van der Waals surface area contributed by atoms with E-state index in [2.05, 4.69) is 21.3 Å². The monoisotopic (exact) mass is 1170 g/mol. The normalized spacial score (nSPS) is 47.2. The molecule has 0 radical (unpaired) electrons. The van der Waals surface area contributed by atoms with Crippen LogP contribution in [0.25, 0.3) is 0 Å². The van der Waals surface area contributed by atoms with E-state index in [4.69, 9.17) is 52.1 Å². The summed E-state index contributed by atoms with van der Waals surface area (Å²) in [5, 5.41) is 186. The summed E-state index contributed by atoms with van der Waals surface area (Å²) in [7, 11) is 0. The fourth-order valence-electron chi connectivity index (χ4n) is 10.4. The summed E-state index contributed by atoms with van der Waals surface area (Å²) >= 11 is 0. The quantitative estimate of drug-likeness (QED) is 0.0503. The van der Waals surface area contributed by atoms with Crippen molar-refractivity contribution in [1.82, 2.24) is 21.3 Å². The highest BCUT2D eigenvalue weighted by Gasteiger charge is 2.62. The summed E-state index contributed by atoms with van der Waals surface area (Å²) in [4.78, 5) is 49.6. The van der Waals surface area contributed by atoms with Gasteiger partial charge in [-0.2, -0.15) is 0 Å². The summed E-state index contributed by atoms with van der Waals surface area (Å²) in [6.07, 6.45) is -47.3. The van der Waals surface area contributed by atoms with Crippen LogP contribution < -0.4 is 21.3 Å². The first-order chi connectivity index (χ1) is 37.7. The lowest BCUT2D eigenvalue weighted by Gasteiger charge is -2.52. The van der Waals surface area contributed by atoms with Crippen LogP contribution in [-0.2, 0) is 71.3 Å². The van der Waals surface area contributed by atoms with Crippen LogP contribution in [-0.4, -0.2) is 328 Å². The lowest BCUT2D eigenvalue weighted by atomic mass is 9.92. The molecule has 0 aromatic carbocycles. The molecule has 6 aliphatic rings. The molecule has 6 fully saturated rings. The molecule has 35 nitrogen and oxygen atoms in total. The molecule has 0 spiro atoms. The molecule has 4 amide bonds. The highest BCUT2D eigenvalue weighted by molar-refractivity contribution is 5.74. The second-order valence-electron chi connectivity index (χ2n) is 20.2. The Morgan fingerprint density at radius 2 is 0.738 bits per heavy atom. The maximum Gasteiger partial charge on any atom is 0.311 e. The maximum atomic E-state index is 12.7. The van der Waals surface area contributed by atoms with Gasteiger partial charge < -0.3 is 155 Å². The maximum absolute atomic E-state index is 12.7. The highest BCUT2D eigenvalue weighted by Crippen LogP contribution is 2.39. The number of ether oxygens (including phenoxy) is 11. The highest BCUT2D eigenvalue weighted by atomic mass is 16.9. The summed E-state index contributed by atoms with van der Waals surface area (Å²) in [5.74, 6) is -6.64. The number of rotatable bonds is 20. The minimum atomic E-state index is -3.53. The van der Waals surface area contributed by atoms with Gasteiger partial charge in [0.2, 0.25) is 23.6 Å². The number of hydrogen-bond donors (Lipinski definition) is 20. The molecule has 0 aromatic rings. The number of nitrogens with one attached hydrogen (secondary N) is 4. The minimum Gasteiger partial charge on any atom is -0.394 e. The fourth-order valence-corrected chi connectivity index (χ4v) is 10.4. The molecule has 6 aliphatic heterocycles. The number of aliphatic hydroxyl groups is 16. The van der Waals surface area contributed by atoms with Crippen molar-refractivity contribution in [2.75, 3.05) is 39.6 Å². The Kier molecular flexibility index (Phi) is 23.2. The molecule has 20 N–H and O–H groups in total. The predicted octanol–water partition coefficient (Wildman–Crippen LogP) is -13.1. The summed E-state index contributed by atoms with van der Waals surface area (Å²) in [6.45, 7) is -0.336. The topological polar surface area (TPSA) is 542 Å². The van der Waals surface area contributed by atoms with Gasteiger partial charge >= 0.3 is 5.97 Å². The van der Waals surface area contributed by atoms with E-state index in [0.29, 0.717) is 0 Å². The van der Waals surface area contributed by atoms with Crippen LogP contribution in [0.15, 0.2) is 0 Å². The van der Waals surface area contributed by atoms with Crippen molar-refractivity contribution in [1.29, 1.82) is 0 Å². The molecule has 35 heteroatoms. The zero-order valence-electron chi connectivity index (χ0n) is 43.8. The molecule has 80 heavy (non-hydrogen) atoms. The molecule has 13 unspecified atom stereocenters. The molecule has 6 saturated heterocycles. The van der Waals surface area contributed by atoms with Gasteiger partial charge in [0.05, 0.1) is 51.8 Å². The van der Waals surface area contributed by atoms with Crippen LogP contribution in [0, 0.1) is 0 Å². The van der Waals surface area contributed by atoms with Crippen LogP contribution in [0.5, 0.6) is 0 Å². The number of aliphatic hydroxyl groups excluding tert-OH is 15. The average Bonchev–Trinajstić information content (AvgIpc) is 3.40. The van der Waals surface area contributed by atoms with E-state index in [1.807, 2.05) is 0 Å². The van der Waals surface area contributed by atoms with E-state index in [9.17, 15) is 101 Å². The van der Waals surface area contributed by atoms with E-state index in [0.717, 1.165) is 27.7 Å². The molecule has 30 atom stereocenters. The first-order valence-corrected chi connectivity index (χ1v) is 25.5. The van der Waals surface area contributed by atoms with Gasteiger partial charge in [0, 0.05) is 27.7 Å². The zero-order valence-corrected chi connectivity index (χ0v) is 43.8. The average molecular weight is 1170 g/mol. The SMILES string of the molecule is CC(=O)NC1[C@H](O[C@@H]2C(O)[C@H](O[C@H]3C(CO)O[C@@H](O[C@@H]4C(O)[C@](O)(O[C@H]5C(CO)O[C@@H](O[C@@H]6C(NC(C)=O)C(C)OC(CO)[C@@H]6O)C(NC(C)=O)[C@H]5O)OC(CO)[C@@H]4O)C(NC(C)=O)[C@H]3O)OC(CO)[C@@H]2O)OC(CO)[C@H](O)[C@@H]1O. The number of carbonyl (C=O) groups excluding carboxylic acids is 4. The van der Waals surface area contributed by atoms with Crippen LogP contribution >= 0.6 is 0 Å². The Hall–Kier alpha value is -3.20. The van der Waals surface area contributed by atoms with Gasteiger partial charge in [-0.1, -0.05) is 0 Å². The first-order valence-electron chi connectivity index (χ1n) is 25.5. The van der Waals surface area contributed by atoms with Gasteiger partial charge in [-0.15, -0.1) is 0 Å². The Labute approximate surface area is 455 Å². The van der Waals surface area contributed by atoms with E-state index >= 15 is 0 Å². The molecular formula is C45H76N4O31. The Morgan fingerprint density at radius 3 is 1.23 bits per heavy atom. The summed E-state index contributed by atoms with van der Waals surface area (Å²) in [6, 6.07) is -6.40. The van der Waals surface area contributed by atoms with E-state index in [1.165, 1.54) is 6.92 Å². The molecular weight excluding hydrogens is 1090 g/mol. The van der Waals surface area contributed by atoms with Gasteiger partial charge in [-0.05, 0) is 6.92 Å². The Morgan fingerprint density at radius 1 is 0.388 bits per heavy atom. The predicted molar refractivity (Wildman–Crippen MR) is 250 cm³/mol. The smallest absolute Gasteiger partial charge is 0.311 e. The van der Waals surface area contributed by atoms with Crippen molar-refractivity contribution >= 4 is 23.6 Å². The van der Waals surface area contributed by atoms with Crippen molar-refractivity contribution in [2.45, 2.75) is 218 Å². The third kappa shape index (κ3) is 14.3. The van der Waals surface area contributed by atoms with Gasteiger partial charge in [0.25, 0.3) is 0 Å². The first kappa shape index (κ1) is 65.9. The molecule has 0 aliphatic carbocycles. The molecule has 462 valence electrons. The molecule has 6 heterocycles. The van der Waals surface area contributed by atoms with E-state index in [1.54, 1.807) is 0 Å². The molecule has 0 bridgehead atoms. The summed E-state index contributed by atoms with van der Waals surface area (Å²) < 4.78 is 63.6. The third-order valence-corrected chi connectivity index (χ3v) is 14.4. The molecule has 0 aromatic heterocycles. The van der Waals surface area contributed by atoms with Crippen LogP contribution in [0.2, 0.25) is 0 Å². The number of hydrogen-bond acceptors (Lipinski definition) is 31. The van der Waals surface area contributed by atoms with Gasteiger partial charge in [-0.25, -0.2) is 0 Å². The van der Waals surface area contributed by atoms with Gasteiger partial charge in [0.1, 0.15) is 134 Å². The standard InChI is InChI=1S/C45H76N4O31/c1-12-23(46-13(2)56)37(28(61)18(7-51)70-12)76-42-26(49-16(5)59)33(66)36(22(11-55)74-42)80-45(69)40(68)39(30(63)20(9-53)79-45)78-43-25(48-15(4)58)32(65)35(21(10-54)73-43)75-44-34(67)38(29(62)19(8-52)72-44)77-41-24(47-14(3)57)31(64)27(60)17(6-50)71-41/h12,17-44,50-55,60-69H,6-11H2,1-5H3,(H,46,56)(H,47,57)(H,48,58)(H,49,59)/t12?,17?,18?,19?,20?,21?,22?,23?,24?,25?,26?,27-,28-,29-,30-,31+,32+,33+,34?,35-,36-,37+,38-,39-,40?,41-,42-,43-,44-,45+/m0/s1. The third-order valence-electron chi connectivity index (χ3n) is 14.4.